The van der Waals surface area contributed by atoms with Crippen molar-refractivity contribution in [2.24, 2.45) is 0 Å². The average molecular weight is 347 g/mol. The van der Waals surface area contributed by atoms with Gasteiger partial charge in [-0.3, -0.25) is 14.6 Å². The number of nitrogens with one attached hydrogen (secondary N) is 2. The van der Waals surface area contributed by atoms with Crippen LogP contribution in [-0.2, 0) is 9.53 Å². The van der Waals surface area contributed by atoms with E-state index < -0.39 is 0 Å². The van der Waals surface area contributed by atoms with E-state index in [1.54, 1.807) is 11.8 Å². The Bertz CT molecular complexity index is 791. The first-order valence-corrected chi connectivity index (χ1v) is 9.02. The highest BCUT2D eigenvalue weighted by Crippen LogP contribution is 2.32. The minimum atomic E-state index is -0.340. The molecule has 8 nitrogen and oxygen atoms in total. The summed E-state index contributed by atoms with van der Waals surface area (Å²) in [5, 5.41) is 0. The Morgan fingerprint density at radius 2 is 2.00 bits per heavy atom. The van der Waals surface area contributed by atoms with Crippen molar-refractivity contribution in [2.45, 2.75) is 51.9 Å². The molecule has 0 bridgehead atoms. The zero-order valence-electron chi connectivity index (χ0n) is 14.8. The molecule has 25 heavy (non-hydrogen) atoms. The van der Waals surface area contributed by atoms with Crippen molar-refractivity contribution in [1.29, 1.82) is 0 Å². The first-order chi connectivity index (χ1) is 12.1. The lowest BCUT2D eigenvalue weighted by Crippen LogP contribution is -2.34. The van der Waals surface area contributed by atoms with Crippen molar-refractivity contribution in [2.75, 3.05) is 24.6 Å². The predicted octanol–water partition coefficient (Wildman–Crippen LogP) is 2.08. The minimum Gasteiger partial charge on any atom is -0.465 e. The van der Waals surface area contributed by atoms with Gasteiger partial charge in [-0.1, -0.05) is 19.8 Å². The van der Waals surface area contributed by atoms with Crippen LogP contribution in [0.15, 0.2) is 4.79 Å². The molecule has 136 valence electrons. The fourth-order valence-electron chi connectivity index (χ4n) is 3.35. The van der Waals surface area contributed by atoms with Crippen LogP contribution in [0.5, 0.6) is 0 Å². The Morgan fingerprint density at radius 1 is 1.24 bits per heavy atom. The van der Waals surface area contributed by atoms with Gasteiger partial charge in [-0.2, -0.15) is 4.98 Å². The van der Waals surface area contributed by atoms with Gasteiger partial charge in [0.05, 0.1) is 6.61 Å². The number of aromatic amines is 2. The summed E-state index contributed by atoms with van der Waals surface area (Å²) in [6.45, 7) is 4.74. The van der Waals surface area contributed by atoms with E-state index in [0.29, 0.717) is 36.2 Å². The van der Waals surface area contributed by atoms with Gasteiger partial charge in [0.1, 0.15) is 12.4 Å². The van der Waals surface area contributed by atoms with Gasteiger partial charge in [-0.15, -0.1) is 0 Å². The number of rotatable bonds is 7. The van der Waals surface area contributed by atoms with Gasteiger partial charge >= 0.3 is 5.97 Å². The summed E-state index contributed by atoms with van der Waals surface area (Å²) in [4.78, 5) is 40.9. The van der Waals surface area contributed by atoms with E-state index in [9.17, 15) is 9.59 Å². The highest BCUT2D eigenvalue weighted by Gasteiger charge is 2.22. The van der Waals surface area contributed by atoms with Gasteiger partial charge < -0.3 is 14.6 Å². The number of anilines is 1. The molecule has 1 saturated carbocycles. The standard InChI is InChI=1S/C17H25N5O3/c1-3-9-22(10-12(23)25-4-2)17-20-15-13(16(24)21-17)18-14(19-15)11-7-5-6-8-11/h11H,3-10H2,1-2H3,(H2,18,19,20,21,24). The Morgan fingerprint density at radius 3 is 2.68 bits per heavy atom. The molecule has 0 saturated heterocycles. The van der Waals surface area contributed by atoms with Gasteiger partial charge in [0.15, 0.2) is 11.2 Å². The molecule has 0 unspecified atom stereocenters. The number of hydrogen-bond acceptors (Lipinski definition) is 6. The SMILES string of the molecule is CCCN(CC(=O)OCC)c1nc2nc(C3CCCC3)[nH]c2c(=O)[nH]1. The van der Waals surface area contributed by atoms with E-state index in [1.807, 2.05) is 6.92 Å². The molecule has 0 spiro atoms. The fourth-order valence-corrected chi connectivity index (χ4v) is 3.35. The van der Waals surface area contributed by atoms with E-state index in [0.717, 1.165) is 25.1 Å². The Labute approximate surface area is 146 Å². The monoisotopic (exact) mass is 347 g/mol. The number of fused-ring (bicyclic) bond motifs is 1. The second-order valence-corrected chi connectivity index (χ2v) is 6.42. The van der Waals surface area contributed by atoms with Crippen molar-refractivity contribution < 1.29 is 9.53 Å². The number of nitrogens with zero attached hydrogens (tertiary/aromatic N) is 3. The number of imidazole rings is 1. The summed E-state index contributed by atoms with van der Waals surface area (Å²) in [5.41, 5.74) is 0.547. The van der Waals surface area contributed by atoms with Crippen LogP contribution in [0.4, 0.5) is 5.95 Å². The Balaban J connectivity index is 1.91. The van der Waals surface area contributed by atoms with Gasteiger partial charge in [-0.25, -0.2) is 4.98 Å². The number of H-pyrrole nitrogens is 2. The summed E-state index contributed by atoms with van der Waals surface area (Å²) in [5.74, 6) is 1.24. The molecular weight excluding hydrogens is 322 g/mol. The summed E-state index contributed by atoms with van der Waals surface area (Å²) in [7, 11) is 0. The minimum absolute atomic E-state index is 0.0516. The number of carbonyl (C=O) groups is 1. The molecular formula is C17H25N5O3. The Hall–Kier alpha value is -2.38. The average Bonchev–Trinajstić information content (AvgIpc) is 3.24. The van der Waals surface area contributed by atoms with Crippen LogP contribution < -0.4 is 10.5 Å². The van der Waals surface area contributed by atoms with Crippen LogP contribution in [0.3, 0.4) is 0 Å². The van der Waals surface area contributed by atoms with Crippen LogP contribution in [0, 0.1) is 0 Å². The zero-order chi connectivity index (χ0) is 17.8. The Kier molecular flexibility index (Phi) is 5.35. The van der Waals surface area contributed by atoms with E-state index >= 15 is 0 Å². The molecule has 3 rings (SSSR count). The number of aromatic nitrogens is 4. The maximum atomic E-state index is 12.4. The largest absolute Gasteiger partial charge is 0.465 e. The van der Waals surface area contributed by atoms with Crippen molar-refractivity contribution in [3.63, 3.8) is 0 Å². The van der Waals surface area contributed by atoms with Crippen LogP contribution in [0.2, 0.25) is 0 Å². The number of carbonyl (C=O) groups excluding carboxylic acids is 1. The van der Waals surface area contributed by atoms with Gasteiger partial charge in [0, 0.05) is 12.5 Å². The summed E-state index contributed by atoms with van der Waals surface area (Å²) >= 11 is 0. The molecule has 8 heteroatoms. The van der Waals surface area contributed by atoms with E-state index in [4.69, 9.17) is 4.74 Å². The first-order valence-electron chi connectivity index (χ1n) is 9.02. The molecule has 0 aliphatic heterocycles. The second kappa shape index (κ2) is 7.67. The molecule has 0 amide bonds. The van der Waals surface area contributed by atoms with Crippen molar-refractivity contribution in [3.8, 4) is 0 Å². The molecule has 1 aliphatic carbocycles. The van der Waals surface area contributed by atoms with E-state index in [-0.39, 0.29) is 18.1 Å². The topological polar surface area (TPSA) is 104 Å². The van der Waals surface area contributed by atoms with Crippen molar-refractivity contribution >= 4 is 23.1 Å². The van der Waals surface area contributed by atoms with Crippen molar-refractivity contribution in [3.05, 3.63) is 16.2 Å². The highest BCUT2D eigenvalue weighted by atomic mass is 16.5. The van der Waals surface area contributed by atoms with Gasteiger partial charge in [0.2, 0.25) is 5.95 Å². The quantitative estimate of drug-likeness (QED) is 0.743. The van der Waals surface area contributed by atoms with Gasteiger partial charge in [-0.05, 0) is 26.2 Å². The van der Waals surface area contributed by atoms with Crippen LogP contribution in [0.1, 0.15) is 57.7 Å². The maximum absolute atomic E-state index is 12.4. The van der Waals surface area contributed by atoms with Crippen molar-refractivity contribution in [1.82, 2.24) is 19.9 Å². The number of esters is 1. The second-order valence-electron chi connectivity index (χ2n) is 6.42. The third kappa shape index (κ3) is 3.83. The number of ether oxygens (including phenoxy) is 1. The first kappa shape index (κ1) is 17.4. The molecule has 1 aliphatic rings. The molecule has 0 radical (unpaired) electrons. The molecule has 0 atom stereocenters. The number of hydrogen-bond donors (Lipinski definition) is 2. The fraction of sp³-hybridized carbons (Fsp3) is 0.647. The van der Waals surface area contributed by atoms with E-state index in [2.05, 4.69) is 19.9 Å². The zero-order valence-corrected chi connectivity index (χ0v) is 14.8. The molecule has 1 fully saturated rings. The predicted molar refractivity (Wildman–Crippen MR) is 94.9 cm³/mol. The lowest BCUT2D eigenvalue weighted by molar-refractivity contribution is -0.141. The molecule has 2 aromatic rings. The molecule has 0 aromatic carbocycles. The highest BCUT2D eigenvalue weighted by molar-refractivity contribution is 5.76. The normalized spacial score (nSPS) is 15.0. The molecule has 2 N–H and O–H groups in total. The summed E-state index contributed by atoms with van der Waals surface area (Å²) in [6, 6.07) is 0. The van der Waals surface area contributed by atoms with Crippen LogP contribution >= 0.6 is 0 Å². The smallest absolute Gasteiger partial charge is 0.325 e. The van der Waals surface area contributed by atoms with Crippen LogP contribution in [-0.4, -0.2) is 45.6 Å². The van der Waals surface area contributed by atoms with Crippen LogP contribution in [0.25, 0.3) is 11.2 Å². The van der Waals surface area contributed by atoms with E-state index in [1.165, 1.54) is 12.8 Å². The molecule has 2 aromatic heterocycles. The molecule has 2 heterocycles. The third-order valence-electron chi connectivity index (χ3n) is 4.53. The lowest BCUT2D eigenvalue weighted by atomic mass is 10.1. The van der Waals surface area contributed by atoms with Gasteiger partial charge in [0.25, 0.3) is 5.56 Å². The summed E-state index contributed by atoms with van der Waals surface area (Å²) < 4.78 is 5.01. The third-order valence-corrected chi connectivity index (χ3v) is 4.53. The maximum Gasteiger partial charge on any atom is 0.325 e. The lowest BCUT2D eigenvalue weighted by Gasteiger charge is -2.21. The summed E-state index contributed by atoms with van der Waals surface area (Å²) in [6.07, 6.45) is 5.39.